The lowest BCUT2D eigenvalue weighted by atomic mass is 9.46. The van der Waals surface area contributed by atoms with E-state index in [1.807, 2.05) is 12.1 Å². The number of fused-ring (bicyclic) bond motifs is 1. The van der Waals surface area contributed by atoms with Gasteiger partial charge in [0.25, 0.3) is 0 Å². The van der Waals surface area contributed by atoms with Gasteiger partial charge >= 0.3 is 5.63 Å². The zero-order valence-corrected chi connectivity index (χ0v) is 11.5. The molecule has 2 heterocycles. The fraction of sp³-hybridized carbons (Fsp3) is 0.562. The molecule has 3 heteroatoms. The molecule has 3 nitrogen and oxygen atoms in total. The van der Waals surface area contributed by atoms with Gasteiger partial charge in [0.2, 0.25) is 0 Å². The minimum atomic E-state index is -0.278. The number of ether oxygens (including phenoxy) is 1. The normalized spacial score (nSPS) is 33.4. The maximum atomic E-state index is 11.9. The minimum Gasteiger partial charge on any atom is -0.485 e. The smallest absolute Gasteiger partial charge is 0.346 e. The summed E-state index contributed by atoms with van der Waals surface area (Å²) < 4.78 is 11.2. The summed E-state index contributed by atoms with van der Waals surface area (Å²) in [4.78, 5) is 11.9. The van der Waals surface area contributed by atoms with E-state index in [1.54, 1.807) is 6.92 Å². The number of aryl methyl sites for hydroxylation is 1. The van der Waals surface area contributed by atoms with Crippen LogP contribution in [0.15, 0.2) is 20.9 Å². The first kappa shape index (κ1) is 11.3. The van der Waals surface area contributed by atoms with E-state index in [0.29, 0.717) is 28.4 Å². The second-order valence-electron chi connectivity index (χ2n) is 6.72. The van der Waals surface area contributed by atoms with Crippen LogP contribution in [0.4, 0.5) is 0 Å². The quantitative estimate of drug-likeness (QED) is 0.717. The Morgan fingerprint density at radius 1 is 1.32 bits per heavy atom. The molecule has 2 bridgehead atoms. The lowest BCUT2D eigenvalue weighted by Crippen LogP contribution is -2.55. The highest BCUT2D eigenvalue weighted by atomic mass is 16.5. The highest BCUT2D eigenvalue weighted by Crippen LogP contribution is 2.62. The van der Waals surface area contributed by atoms with Crippen LogP contribution < -0.4 is 10.4 Å². The van der Waals surface area contributed by atoms with Crippen molar-refractivity contribution in [3.8, 4) is 5.75 Å². The summed E-state index contributed by atoms with van der Waals surface area (Å²) in [7, 11) is 0. The Hall–Kier alpha value is -1.51. The molecule has 3 aliphatic carbocycles. The first-order chi connectivity index (χ1) is 8.96. The third kappa shape index (κ3) is 1.36. The molecule has 0 spiro atoms. The van der Waals surface area contributed by atoms with Crippen molar-refractivity contribution in [2.75, 3.05) is 0 Å². The van der Waals surface area contributed by atoms with E-state index in [2.05, 4.69) is 13.8 Å². The maximum Gasteiger partial charge on any atom is 0.346 e. The Morgan fingerprint density at radius 3 is 2.84 bits per heavy atom. The first-order valence-electron chi connectivity index (χ1n) is 6.99. The molecule has 19 heavy (non-hydrogen) atoms. The van der Waals surface area contributed by atoms with Crippen molar-refractivity contribution in [2.24, 2.45) is 17.3 Å². The number of hydrogen-bond donors (Lipinski definition) is 0. The monoisotopic (exact) mass is 258 g/mol. The molecule has 4 aliphatic rings. The second kappa shape index (κ2) is 3.33. The van der Waals surface area contributed by atoms with Crippen molar-refractivity contribution in [3.63, 3.8) is 0 Å². The number of rotatable bonds is 0. The largest absolute Gasteiger partial charge is 0.485 e. The van der Waals surface area contributed by atoms with Crippen molar-refractivity contribution in [1.29, 1.82) is 0 Å². The Balaban J connectivity index is 1.86. The summed E-state index contributed by atoms with van der Waals surface area (Å²) in [6.45, 7) is 6.44. The second-order valence-corrected chi connectivity index (χ2v) is 6.72. The van der Waals surface area contributed by atoms with Crippen LogP contribution >= 0.6 is 0 Å². The SMILES string of the molecule is Cc1cc2c(c(=O)o1)C=C1[C@@H](C[C@H]3C[C@@H]1C3(C)C)O2. The van der Waals surface area contributed by atoms with Crippen LogP contribution in [0, 0.1) is 24.2 Å². The van der Waals surface area contributed by atoms with E-state index < -0.39 is 0 Å². The van der Waals surface area contributed by atoms with Crippen LogP contribution in [0.3, 0.4) is 0 Å². The van der Waals surface area contributed by atoms with Gasteiger partial charge in [0.05, 0.1) is 0 Å². The molecule has 0 amide bonds. The van der Waals surface area contributed by atoms with Gasteiger partial charge in [-0.15, -0.1) is 0 Å². The van der Waals surface area contributed by atoms with Gasteiger partial charge in [-0.05, 0) is 48.7 Å². The van der Waals surface area contributed by atoms with E-state index in [0.717, 1.165) is 12.3 Å². The molecule has 1 aromatic rings. The molecular weight excluding hydrogens is 240 g/mol. The maximum absolute atomic E-state index is 11.9. The molecule has 0 saturated heterocycles. The molecule has 0 aromatic carbocycles. The summed E-state index contributed by atoms with van der Waals surface area (Å²) in [6.07, 6.45) is 4.53. The average molecular weight is 258 g/mol. The van der Waals surface area contributed by atoms with Crippen LogP contribution in [-0.2, 0) is 0 Å². The Labute approximate surface area is 112 Å². The fourth-order valence-electron chi connectivity index (χ4n) is 4.05. The van der Waals surface area contributed by atoms with Crippen molar-refractivity contribution < 1.29 is 9.15 Å². The first-order valence-corrected chi connectivity index (χ1v) is 6.99. The van der Waals surface area contributed by atoms with Crippen LogP contribution in [0.2, 0.25) is 0 Å². The fourth-order valence-corrected chi connectivity index (χ4v) is 4.05. The number of hydrogen-bond acceptors (Lipinski definition) is 3. The predicted octanol–water partition coefficient (Wildman–Crippen LogP) is 3.16. The molecule has 0 unspecified atom stereocenters. The summed E-state index contributed by atoms with van der Waals surface area (Å²) in [6, 6.07) is 1.83. The standard InChI is InChI=1S/C16H18O3/c1-8-4-13-11(15(17)18-8)7-10-12-5-9(16(12,2)3)6-14(10)19-13/h4,7,9,12,14H,5-6H2,1-3H3/t9-,12+,14-/m1/s1. The van der Waals surface area contributed by atoms with Gasteiger partial charge in [-0.1, -0.05) is 13.8 Å². The molecule has 1 aromatic heterocycles. The van der Waals surface area contributed by atoms with Gasteiger partial charge in [0, 0.05) is 6.07 Å². The molecule has 3 fully saturated rings. The minimum absolute atomic E-state index is 0.172. The van der Waals surface area contributed by atoms with Crippen LogP contribution in [0.5, 0.6) is 5.75 Å². The third-order valence-corrected chi connectivity index (χ3v) is 5.40. The molecule has 3 atom stereocenters. The zero-order chi connectivity index (χ0) is 13.4. The molecule has 0 N–H and O–H groups in total. The highest BCUT2D eigenvalue weighted by Gasteiger charge is 2.56. The predicted molar refractivity (Wildman–Crippen MR) is 72.1 cm³/mol. The third-order valence-electron chi connectivity index (χ3n) is 5.40. The highest BCUT2D eigenvalue weighted by molar-refractivity contribution is 5.63. The summed E-state index contributed by atoms with van der Waals surface area (Å²) in [5.41, 5.74) is 1.98. The zero-order valence-electron chi connectivity index (χ0n) is 11.5. The lowest BCUT2D eigenvalue weighted by Gasteiger charge is -2.60. The molecule has 5 rings (SSSR count). The molecule has 100 valence electrons. The Kier molecular flexibility index (Phi) is 1.98. The van der Waals surface area contributed by atoms with Gasteiger partial charge in [-0.25, -0.2) is 4.79 Å². The van der Waals surface area contributed by atoms with Gasteiger partial charge in [-0.2, -0.15) is 0 Å². The summed E-state index contributed by atoms with van der Waals surface area (Å²) >= 11 is 0. The van der Waals surface area contributed by atoms with Gasteiger partial charge in [0.15, 0.2) is 0 Å². The topological polar surface area (TPSA) is 39.4 Å². The van der Waals surface area contributed by atoms with Crippen LogP contribution in [0.25, 0.3) is 6.08 Å². The van der Waals surface area contributed by atoms with Gasteiger partial charge < -0.3 is 9.15 Å². The van der Waals surface area contributed by atoms with Crippen molar-refractivity contribution in [3.05, 3.63) is 33.4 Å². The average Bonchev–Trinajstić information content (AvgIpc) is 2.35. The lowest BCUT2D eigenvalue weighted by molar-refractivity contribution is -0.0652. The van der Waals surface area contributed by atoms with E-state index in [4.69, 9.17) is 9.15 Å². The molecule has 0 radical (unpaired) electrons. The van der Waals surface area contributed by atoms with Crippen molar-refractivity contribution in [1.82, 2.24) is 0 Å². The Morgan fingerprint density at radius 2 is 2.11 bits per heavy atom. The summed E-state index contributed by atoms with van der Waals surface area (Å²) in [5, 5.41) is 0. The van der Waals surface area contributed by atoms with Crippen molar-refractivity contribution in [2.45, 2.75) is 39.7 Å². The van der Waals surface area contributed by atoms with Crippen LogP contribution in [0.1, 0.15) is 38.0 Å². The summed E-state index contributed by atoms with van der Waals surface area (Å²) in [5.74, 6) is 2.62. The van der Waals surface area contributed by atoms with E-state index >= 15 is 0 Å². The molecule has 1 aliphatic heterocycles. The van der Waals surface area contributed by atoms with Gasteiger partial charge in [0.1, 0.15) is 23.2 Å². The van der Waals surface area contributed by atoms with Crippen LogP contribution in [-0.4, -0.2) is 6.10 Å². The van der Waals surface area contributed by atoms with E-state index in [9.17, 15) is 4.79 Å². The van der Waals surface area contributed by atoms with Gasteiger partial charge in [-0.3, -0.25) is 0 Å². The molecular formula is C16H18O3. The van der Waals surface area contributed by atoms with E-state index in [-0.39, 0.29) is 11.7 Å². The molecule has 3 saturated carbocycles. The van der Waals surface area contributed by atoms with Crippen molar-refractivity contribution >= 4 is 6.08 Å². The van der Waals surface area contributed by atoms with E-state index in [1.165, 1.54) is 12.0 Å². The Bertz CT molecular complexity index is 650.